The molecule has 3 heterocycles. The number of carbonyl (C=O) groups is 2. The SMILES string of the molecule is CCc1[nH]c(C(=O)NC2CCN(c3cnc(C)c(C(=O)OC)c3)CC2OC)nc1Cl. The first-order valence-corrected chi connectivity index (χ1v) is 10.1. The first kappa shape index (κ1) is 22.0. The van der Waals surface area contributed by atoms with Crippen molar-refractivity contribution >= 4 is 29.2 Å². The predicted molar refractivity (Wildman–Crippen MR) is 112 cm³/mol. The summed E-state index contributed by atoms with van der Waals surface area (Å²) in [5.41, 5.74) is 2.58. The van der Waals surface area contributed by atoms with Crippen LogP contribution in [0, 0.1) is 6.92 Å². The molecule has 2 aromatic rings. The maximum absolute atomic E-state index is 12.6. The van der Waals surface area contributed by atoms with Crippen molar-refractivity contribution in [3.05, 3.63) is 40.2 Å². The summed E-state index contributed by atoms with van der Waals surface area (Å²) in [6.07, 6.45) is 2.79. The van der Waals surface area contributed by atoms with E-state index in [4.69, 9.17) is 21.1 Å². The summed E-state index contributed by atoms with van der Waals surface area (Å²) >= 11 is 6.04. The zero-order valence-corrected chi connectivity index (χ0v) is 18.2. The van der Waals surface area contributed by atoms with Gasteiger partial charge in [-0.1, -0.05) is 18.5 Å². The fourth-order valence-electron chi connectivity index (χ4n) is 3.53. The van der Waals surface area contributed by atoms with E-state index < -0.39 is 5.97 Å². The molecule has 2 N–H and O–H groups in total. The summed E-state index contributed by atoms with van der Waals surface area (Å²) in [6, 6.07) is 1.59. The Hall–Kier alpha value is -2.65. The van der Waals surface area contributed by atoms with Gasteiger partial charge in [-0.05, 0) is 25.8 Å². The van der Waals surface area contributed by atoms with Gasteiger partial charge in [0.2, 0.25) is 0 Å². The van der Waals surface area contributed by atoms with Crippen LogP contribution in [-0.4, -0.2) is 66.3 Å². The summed E-state index contributed by atoms with van der Waals surface area (Å²) in [7, 11) is 2.96. The minimum absolute atomic E-state index is 0.189. The number of piperidine rings is 1. The van der Waals surface area contributed by atoms with Crippen LogP contribution in [0.4, 0.5) is 5.69 Å². The number of rotatable bonds is 6. The normalized spacial score (nSPS) is 18.9. The lowest BCUT2D eigenvalue weighted by molar-refractivity contribution is 0.0537. The molecule has 1 aliphatic rings. The van der Waals surface area contributed by atoms with Gasteiger partial charge in [-0.15, -0.1) is 0 Å². The van der Waals surface area contributed by atoms with Crippen LogP contribution in [0.3, 0.4) is 0 Å². The van der Waals surface area contributed by atoms with Crippen LogP contribution in [0.15, 0.2) is 12.3 Å². The lowest BCUT2D eigenvalue weighted by Gasteiger charge is -2.39. The quantitative estimate of drug-likeness (QED) is 0.669. The predicted octanol–water partition coefficient (Wildman–Crippen LogP) is 2.14. The number of aromatic nitrogens is 3. The van der Waals surface area contributed by atoms with Crippen LogP contribution in [-0.2, 0) is 15.9 Å². The van der Waals surface area contributed by atoms with E-state index in [1.54, 1.807) is 26.3 Å². The maximum atomic E-state index is 12.6. The van der Waals surface area contributed by atoms with E-state index in [0.717, 1.165) is 11.4 Å². The number of aryl methyl sites for hydroxylation is 2. The van der Waals surface area contributed by atoms with E-state index in [1.807, 2.05) is 6.92 Å². The van der Waals surface area contributed by atoms with Crippen LogP contribution in [0.1, 0.15) is 45.7 Å². The fourth-order valence-corrected chi connectivity index (χ4v) is 3.80. The van der Waals surface area contributed by atoms with E-state index in [0.29, 0.717) is 42.3 Å². The Labute approximate surface area is 180 Å². The average molecular weight is 436 g/mol. The molecule has 162 valence electrons. The van der Waals surface area contributed by atoms with Gasteiger partial charge < -0.3 is 24.7 Å². The highest BCUT2D eigenvalue weighted by atomic mass is 35.5. The number of imidazole rings is 1. The number of aromatic amines is 1. The molecule has 30 heavy (non-hydrogen) atoms. The van der Waals surface area contributed by atoms with Crippen molar-refractivity contribution < 1.29 is 19.1 Å². The second-order valence-corrected chi connectivity index (χ2v) is 7.47. The molecule has 10 heteroatoms. The van der Waals surface area contributed by atoms with Crippen molar-refractivity contribution in [3.8, 4) is 0 Å². The Bertz CT molecular complexity index is 932. The number of hydrogen-bond acceptors (Lipinski definition) is 7. The number of pyridine rings is 1. The van der Waals surface area contributed by atoms with Gasteiger partial charge >= 0.3 is 5.97 Å². The molecule has 1 saturated heterocycles. The van der Waals surface area contributed by atoms with E-state index in [9.17, 15) is 9.59 Å². The highest BCUT2D eigenvalue weighted by Crippen LogP contribution is 2.24. The van der Waals surface area contributed by atoms with Crippen molar-refractivity contribution in [1.29, 1.82) is 0 Å². The number of nitrogens with one attached hydrogen (secondary N) is 2. The second-order valence-electron chi connectivity index (χ2n) is 7.12. The fraction of sp³-hybridized carbons (Fsp3) is 0.500. The molecule has 0 bridgehead atoms. The van der Waals surface area contributed by atoms with Gasteiger partial charge in [-0.25, -0.2) is 9.78 Å². The Morgan fingerprint density at radius 2 is 2.17 bits per heavy atom. The number of carbonyl (C=O) groups excluding carboxylic acids is 2. The standard InChI is InChI=1S/C20H26ClN5O4/c1-5-14-17(21)25-18(23-14)19(27)24-15-6-7-26(10-16(15)29-3)12-8-13(20(28)30-4)11(2)22-9-12/h8-9,15-16H,5-7,10H2,1-4H3,(H,23,25)(H,24,27). The maximum Gasteiger partial charge on any atom is 0.339 e. The third kappa shape index (κ3) is 4.57. The molecule has 2 atom stereocenters. The van der Waals surface area contributed by atoms with Gasteiger partial charge in [0.05, 0.1) is 48.1 Å². The Balaban J connectivity index is 1.70. The monoisotopic (exact) mass is 435 g/mol. The van der Waals surface area contributed by atoms with E-state index in [1.165, 1.54) is 7.11 Å². The average Bonchev–Trinajstić information content (AvgIpc) is 3.14. The zero-order chi connectivity index (χ0) is 21.8. The van der Waals surface area contributed by atoms with Crippen molar-refractivity contribution in [2.75, 3.05) is 32.2 Å². The third-order valence-electron chi connectivity index (χ3n) is 5.32. The Kier molecular flexibility index (Phi) is 6.94. The number of amides is 1. The molecule has 1 fully saturated rings. The van der Waals surface area contributed by atoms with Gasteiger partial charge in [-0.2, -0.15) is 0 Å². The second kappa shape index (κ2) is 9.44. The zero-order valence-electron chi connectivity index (χ0n) is 17.5. The number of methoxy groups -OCH3 is 2. The summed E-state index contributed by atoms with van der Waals surface area (Å²) in [5, 5.41) is 3.30. The van der Waals surface area contributed by atoms with Gasteiger partial charge in [0.15, 0.2) is 11.0 Å². The van der Waals surface area contributed by atoms with Gasteiger partial charge in [-0.3, -0.25) is 9.78 Å². The summed E-state index contributed by atoms with van der Waals surface area (Å²) < 4.78 is 10.5. The molecular weight excluding hydrogens is 410 g/mol. The Morgan fingerprint density at radius 3 is 2.80 bits per heavy atom. The van der Waals surface area contributed by atoms with Crippen molar-refractivity contribution in [3.63, 3.8) is 0 Å². The molecule has 3 rings (SSSR count). The van der Waals surface area contributed by atoms with E-state index in [2.05, 4.69) is 25.2 Å². The smallest absolute Gasteiger partial charge is 0.339 e. The molecule has 2 unspecified atom stereocenters. The first-order valence-electron chi connectivity index (χ1n) is 9.75. The Morgan fingerprint density at radius 1 is 1.40 bits per heavy atom. The van der Waals surface area contributed by atoms with E-state index >= 15 is 0 Å². The number of esters is 1. The highest BCUT2D eigenvalue weighted by Gasteiger charge is 2.32. The van der Waals surface area contributed by atoms with Gasteiger partial charge in [0.25, 0.3) is 5.91 Å². The number of nitrogens with zero attached hydrogens (tertiary/aromatic N) is 3. The molecule has 0 aromatic carbocycles. The molecule has 0 saturated carbocycles. The minimum atomic E-state index is -0.421. The van der Waals surface area contributed by atoms with Crippen molar-refractivity contribution in [1.82, 2.24) is 20.3 Å². The van der Waals surface area contributed by atoms with Crippen LogP contribution < -0.4 is 10.2 Å². The van der Waals surface area contributed by atoms with Crippen molar-refractivity contribution in [2.24, 2.45) is 0 Å². The lowest BCUT2D eigenvalue weighted by atomic mass is 10.0. The molecule has 9 nitrogen and oxygen atoms in total. The topological polar surface area (TPSA) is 109 Å². The number of ether oxygens (including phenoxy) is 2. The molecule has 0 aliphatic carbocycles. The van der Waals surface area contributed by atoms with E-state index in [-0.39, 0.29) is 23.9 Å². The first-order chi connectivity index (χ1) is 14.4. The number of H-pyrrole nitrogens is 1. The van der Waals surface area contributed by atoms with Gasteiger partial charge in [0, 0.05) is 20.2 Å². The van der Waals surface area contributed by atoms with Crippen molar-refractivity contribution in [2.45, 2.75) is 38.8 Å². The van der Waals surface area contributed by atoms with Crippen LogP contribution >= 0.6 is 11.6 Å². The molecule has 2 aromatic heterocycles. The molecule has 0 spiro atoms. The van der Waals surface area contributed by atoms with Crippen LogP contribution in [0.25, 0.3) is 0 Å². The van der Waals surface area contributed by atoms with Crippen LogP contribution in [0.5, 0.6) is 0 Å². The van der Waals surface area contributed by atoms with Crippen LogP contribution in [0.2, 0.25) is 5.15 Å². The number of hydrogen-bond donors (Lipinski definition) is 2. The largest absolute Gasteiger partial charge is 0.465 e. The molecule has 1 aliphatic heterocycles. The molecular formula is C20H26ClN5O4. The number of anilines is 1. The number of halogens is 1. The summed E-state index contributed by atoms with van der Waals surface area (Å²) in [6.45, 7) is 4.89. The minimum Gasteiger partial charge on any atom is -0.465 e. The van der Waals surface area contributed by atoms with Gasteiger partial charge in [0.1, 0.15) is 0 Å². The molecule has 0 radical (unpaired) electrons. The molecule has 1 amide bonds. The third-order valence-corrected chi connectivity index (χ3v) is 5.63. The lowest BCUT2D eigenvalue weighted by Crippen LogP contribution is -2.55. The highest BCUT2D eigenvalue weighted by molar-refractivity contribution is 6.30. The summed E-state index contributed by atoms with van der Waals surface area (Å²) in [4.78, 5) is 38.0. The summed E-state index contributed by atoms with van der Waals surface area (Å²) in [5.74, 6) is -0.544.